The number of anilines is 3. The zero-order valence-corrected chi connectivity index (χ0v) is 20.3. The Morgan fingerprint density at radius 3 is 2.73 bits per heavy atom. The predicted octanol–water partition coefficient (Wildman–Crippen LogP) is 4.31. The SMILES string of the molecule is Cc1csc(C(=O)O)c1S(=O)(=O)Nc1ccc(F)c(Nc2ncccc2-c2ncnc3nc[nH]c23)c1F. The molecule has 5 aromatic rings. The van der Waals surface area contributed by atoms with Gasteiger partial charge in [-0.15, -0.1) is 11.3 Å². The Balaban J connectivity index is 1.55. The van der Waals surface area contributed by atoms with Crippen LogP contribution < -0.4 is 10.0 Å². The summed E-state index contributed by atoms with van der Waals surface area (Å²) >= 11 is 0.724. The molecule has 1 aromatic carbocycles. The van der Waals surface area contributed by atoms with Gasteiger partial charge in [0.2, 0.25) is 0 Å². The maximum absolute atomic E-state index is 15.5. The standard InChI is InChI=1S/C22H15F2N7O4S2/c1-10-7-36-18(22(32)33)19(10)37(34,35)31-13-5-4-12(23)16(14(13)24)30-20-11(3-2-6-25-20)15-17-21(28-8-26-15)29-9-27-17/h2-9,31H,1H3,(H,25,30)(H,32,33)(H,26,27,28,29). The molecule has 0 amide bonds. The molecule has 0 unspecified atom stereocenters. The lowest BCUT2D eigenvalue weighted by Gasteiger charge is -2.15. The highest BCUT2D eigenvalue weighted by Gasteiger charge is 2.29. The average Bonchev–Trinajstić information content (AvgIpc) is 3.51. The number of fused-ring (bicyclic) bond motifs is 1. The van der Waals surface area contributed by atoms with Crippen molar-refractivity contribution in [3.8, 4) is 11.3 Å². The highest BCUT2D eigenvalue weighted by molar-refractivity contribution is 7.93. The monoisotopic (exact) mass is 543 g/mol. The number of imidazole rings is 1. The number of carboxylic acid groups (broad SMARTS) is 1. The number of hydrogen-bond acceptors (Lipinski definition) is 9. The molecule has 0 aliphatic heterocycles. The van der Waals surface area contributed by atoms with Crippen LogP contribution >= 0.6 is 11.3 Å². The average molecular weight is 544 g/mol. The van der Waals surface area contributed by atoms with Crippen LogP contribution in [0.15, 0.2) is 53.4 Å². The third kappa shape index (κ3) is 4.34. The lowest BCUT2D eigenvalue weighted by Crippen LogP contribution is -2.17. The molecule has 4 aromatic heterocycles. The van der Waals surface area contributed by atoms with Gasteiger partial charge in [0.15, 0.2) is 11.5 Å². The van der Waals surface area contributed by atoms with Gasteiger partial charge in [0.1, 0.15) is 44.6 Å². The van der Waals surface area contributed by atoms with Gasteiger partial charge >= 0.3 is 5.97 Å². The second-order valence-electron chi connectivity index (χ2n) is 7.62. The van der Waals surface area contributed by atoms with Crippen molar-refractivity contribution in [3.63, 3.8) is 0 Å². The summed E-state index contributed by atoms with van der Waals surface area (Å²) in [6.07, 6.45) is 4.10. The van der Waals surface area contributed by atoms with Crippen molar-refractivity contribution in [1.29, 1.82) is 0 Å². The Morgan fingerprint density at radius 1 is 1.14 bits per heavy atom. The van der Waals surface area contributed by atoms with E-state index in [0.29, 0.717) is 22.4 Å². The van der Waals surface area contributed by atoms with Crippen LogP contribution in [-0.4, -0.2) is 44.4 Å². The Morgan fingerprint density at radius 2 is 1.95 bits per heavy atom. The highest BCUT2D eigenvalue weighted by Crippen LogP contribution is 2.35. The van der Waals surface area contributed by atoms with Crippen LogP contribution in [0.1, 0.15) is 15.2 Å². The molecular formula is C22H15F2N7O4S2. The smallest absolute Gasteiger partial charge is 0.347 e. The zero-order chi connectivity index (χ0) is 26.3. The fraction of sp³-hybridized carbons (Fsp3) is 0.0455. The third-order valence-electron chi connectivity index (χ3n) is 5.25. The topological polar surface area (TPSA) is 163 Å². The first-order valence-electron chi connectivity index (χ1n) is 10.4. The second-order valence-corrected chi connectivity index (χ2v) is 10.1. The molecule has 0 bridgehead atoms. The first-order valence-corrected chi connectivity index (χ1v) is 12.7. The van der Waals surface area contributed by atoms with Crippen LogP contribution in [0.5, 0.6) is 0 Å². The quantitative estimate of drug-likeness (QED) is 0.234. The minimum absolute atomic E-state index is 0.0248. The fourth-order valence-electron chi connectivity index (χ4n) is 3.64. The molecule has 37 heavy (non-hydrogen) atoms. The second kappa shape index (κ2) is 9.18. The molecule has 5 rings (SSSR count). The highest BCUT2D eigenvalue weighted by atomic mass is 32.2. The number of rotatable bonds is 7. The van der Waals surface area contributed by atoms with Crippen molar-refractivity contribution >= 4 is 55.7 Å². The number of nitrogens with zero attached hydrogens (tertiary/aromatic N) is 4. The number of aryl methyl sites for hydroxylation is 1. The summed E-state index contributed by atoms with van der Waals surface area (Å²) in [4.78, 5) is 30.0. The molecule has 0 saturated carbocycles. The molecular weight excluding hydrogens is 528 g/mol. The van der Waals surface area contributed by atoms with Gasteiger partial charge in [0.05, 0.1) is 12.0 Å². The van der Waals surface area contributed by atoms with Gasteiger partial charge in [0.25, 0.3) is 10.0 Å². The van der Waals surface area contributed by atoms with E-state index in [4.69, 9.17) is 0 Å². The van der Waals surface area contributed by atoms with Crippen LogP contribution in [0.2, 0.25) is 0 Å². The van der Waals surface area contributed by atoms with Crippen molar-refractivity contribution in [2.45, 2.75) is 11.8 Å². The summed E-state index contributed by atoms with van der Waals surface area (Å²) in [6, 6.07) is 4.98. The Labute approximate surface area is 211 Å². The van der Waals surface area contributed by atoms with Crippen molar-refractivity contribution in [1.82, 2.24) is 24.9 Å². The van der Waals surface area contributed by atoms with Crippen molar-refractivity contribution in [3.05, 3.63) is 70.6 Å². The number of aromatic nitrogens is 5. The number of aromatic carboxylic acids is 1. The summed E-state index contributed by atoms with van der Waals surface area (Å²) in [5.41, 5.74) is 0.467. The van der Waals surface area contributed by atoms with E-state index in [-0.39, 0.29) is 11.4 Å². The molecule has 4 heterocycles. The fourth-order valence-corrected chi connectivity index (χ4v) is 6.33. The molecule has 0 fully saturated rings. The summed E-state index contributed by atoms with van der Waals surface area (Å²) < 4.78 is 58.2. The molecule has 15 heteroatoms. The minimum Gasteiger partial charge on any atom is -0.477 e. The van der Waals surface area contributed by atoms with Gasteiger partial charge in [-0.05, 0) is 42.1 Å². The number of H-pyrrole nitrogens is 1. The van der Waals surface area contributed by atoms with E-state index in [1.54, 1.807) is 12.1 Å². The number of halogens is 2. The first-order chi connectivity index (χ1) is 17.7. The van der Waals surface area contributed by atoms with E-state index in [1.807, 2.05) is 4.72 Å². The molecule has 11 nitrogen and oxygen atoms in total. The number of benzene rings is 1. The molecule has 0 saturated heterocycles. The number of aromatic amines is 1. The number of nitrogens with one attached hydrogen (secondary N) is 3. The largest absolute Gasteiger partial charge is 0.477 e. The van der Waals surface area contributed by atoms with Crippen LogP contribution in [0.3, 0.4) is 0 Å². The Hall–Kier alpha value is -4.50. The third-order valence-corrected chi connectivity index (χ3v) is 8.01. The molecule has 0 aliphatic carbocycles. The Kier molecular flexibility index (Phi) is 6.01. The number of thiophene rings is 1. The maximum atomic E-state index is 15.5. The number of sulfonamides is 1. The van der Waals surface area contributed by atoms with E-state index in [9.17, 15) is 22.7 Å². The van der Waals surface area contributed by atoms with Crippen molar-refractivity contribution in [2.24, 2.45) is 0 Å². The lowest BCUT2D eigenvalue weighted by atomic mass is 10.1. The molecule has 0 aliphatic rings. The number of carbonyl (C=O) groups is 1. The summed E-state index contributed by atoms with van der Waals surface area (Å²) in [5, 5.41) is 13.3. The first kappa shape index (κ1) is 24.2. The maximum Gasteiger partial charge on any atom is 0.347 e. The summed E-state index contributed by atoms with van der Waals surface area (Å²) in [7, 11) is -4.52. The van der Waals surface area contributed by atoms with Gasteiger partial charge in [-0.3, -0.25) is 4.72 Å². The molecule has 4 N–H and O–H groups in total. The predicted molar refractivity (Wildman–Crippen MR) is 131 cm³/mol. The molecule has 0 radical (unpaired) electrons. The van der Waals surface area contributed by atoms with E-state index >= 15 is 4.39 Å². The van der Waals surface area contributed by atoms with Gasteiger partial charge in [-0.25, -0.2) is 41.9 Å². The lowest BCUT2D eigenvalue weighted by molar-refractivity contribution is 0.0698. The van der Waals surface area contributed by atoms with E-state index < -0.39 is 48.8 Å². The molecule has 0 atom stereocenters. The van der Waals surface area contributed by atoms with Crippen molar-refractivity contribution < 1.29 is 27.1 Å². The van der Waals surface area contributed by atoms with Gasteiger partial charge in [0, 0.05) is 11.8 Å². The van der Waals surface area contributed by atoms with E-state index in [1.165, 1.54) is 31.2 Å². The minimum atomic E-state index is -4.52. The van der Waals surface area contributed by atoms with E-state index in [2.05, 4.69) is 30.2 Å². The van der Waals surface area contributed by atoms with Crippen LogP contribution in [0, 0.1) is 18.6 Å². The van der Waals surface area contributed by atoms with Gasteiger partial charge in [-0.1, -0.05) is 0 Å². The number of pyridine rings is 1. The summed E-state index contributed by atoms with van der Waals surface area (Å²) in [5.74, 6) is -3.71. The Bertz CT molecular complexity index is 1790. The molecule has 0 spiro atoms. The van der Waals surface area contributed by atoms with Crippen LogP contribution in [-0.2, 0) is 10.0 Å². The number of carboxylic acids is 1. The number of hydrogen-bond donors (Lipinski definition) is 4. The van der Waals surface area contributed by atoms with Gasteiger partial charge < -0.3 is 15.4 Å². The van der Waals surface area contributed by atoms with Crippen LogP contribution in [0.25, 0.3) is 22.4 Å². The van der Waals surface area contributed by atoms with Gasteiger partial charge in [-0.2, -0.15) is 0 Å². The van der Waals surface area contributed by atoms with E-state index in [0.717, 1.165) is 23.5 Å². The zero-order valence-electron chi connectivity index (χ0n) is 18.7. The summed E-state index contributed by atoms with van der Waals surface area (Å²) in [6.45, 7) is 1.41. The normalized spacial score (nSPS) is 11.5. The molecule has 188 valence electrons. The van der Waals surface area contributed by atoms with Crippen LogP contribution in [0.4, 0.5) is 26.0 Å². The van der Waals surface area contributed by atoms with Crippen molar-refractivity contribution in [2.75, 3.05) is 10.0 Å².